The van der Waals surface area contributed by atoms with E-state index in [1.54, 1.807) is 24.3 Å². The van der Waals surface area contributed by atoms with Crippen LogP contribution in [0.2, 0.25) is 0 Å². The number of rotatable bonds is 7. The Morgan fingerprint density at radius 3 is 2.67 bits per heavy atom. The van der Waals surface area contributed by atoms with Crippen molar-refractivity contribution >= 4 is 49.6 Å². The van der Waals surface area contributed by atoms with E-state index in [0.717, 1.165) is 10.9 Å². The van der Waals surface area contributed by atoms with Gasteiger partial charge in [-0.2, -0.15) is 4.31 Å². The fourth-order valence-corrected chi connectivity index (χ4v) is 6.30. The van der Waals surface area contributed by atoms with E-state index in [2.05, 4.69) is 4.98 Å². The van der Waals surface area contributed by atoms with Crippen molar-refractivity contribution in [3.63, 3.8) is 0 Å². The number of ether oxygens (including phenoxy) is 1. The van der Waals surface area contributed by atoms with Gasteiger partial charge in [-0.1, -0.05) is 30.0 Å². The molecule has 0 atom stereocenters. The van der Waals surface area contributed by atoms with Crippen molar-refractivity contribution in [3.05, 3.63) is 54.3 Å². The Balaban J connectivity index is 1.39. The van der Waals surface area contributed by atoms with E-state index in [0.29, 0.717) is 54.9 Å². The van der Waals surface area contributed by atoms with Crippen LogP contribution in [0.4, 0.5) is 0 Å². The second-order valence-corrected chi connectivity index (χ2v) is 10.5. The summed E-state index contributed by atoms with van der Waals surface area (Å²) in [5, 5.41) is 1.55. The highest BCUT2D eigenvalue weighted by Gasteiger charge is 2.27. The summed E-state index contributed by atoms with van der Waals surface area (Å²) in [6.07, 6.45) is 0. The molecule has 1 aliphatic rings. The molecule has 0 spiro atoms. The van der Waals surface area contributed by atoms with Crippen LogP contribution in [0.5, 0.6) is 0 Å². The highest BCUT2D eigenvalue weighted by atomic mass is 32.2. The standard InChI is InChI=1S/C23H23N3O5S2/c1-2-26-19-8-7-17(33(28,29)25-9-11-30-12-10-25)14-18(19)24-23(26)32-15-20(27)22-13-16-5-3-4-6-21(16)31-22/h3-8,13-14H,2,9-12,15H2,1H3. The van der Waals surface area contributed by atoms with Crippen molar-refractivity contribution < 1.29 is 22.4 Å². The number of benzene rings is 2. The SMILES string of the molecule is CCn1c(SCC(=O)c2cc3ccccc3o2)nc2cc(S(=O)(=O)N3CCOCC3)ccc21. The molecule has 0 unspecified atom stereocenters. The van der Waals surface area contributed by atoms with Crippen LogP contribution in [-0.4, -0.2) is 60.1 Å². The average Bonchev–Trinajstić information content (AvgIpc) is 3.43. The van der Waals surface area contributed by atoms with E-state index in [9.17, 15) is 13.2 Å². The third kappa shape index (κ3) is 4.19. The van der Waals surface area contributed by atoms with E-state index in [1.165, 1.54) is 16.1 Å². The average molecular weight is 486 g/mol. The Labute approximate surface area is 195 Å². The lowest BCUT2D eigenvalue weighted by Crippen LogP contribution is -2.40. The number of Topliss-reactive ketones (excluding diaryl/α,β-unsaturated/α-hetero) is 1. The summed E-state index contributed by atoms with van der Waals surface area (Å²) in [7, 11) is -3.61. The molecule has 1 aliphatic heterocycles. The number of sulfonamides is 1. The van der Waals surface area contributed by atoms with Crippen molar-refractivity contribution in [2.24, 2.45) is 0 Å². The van der Waals surface area contributed by atoms with E-state index in [1.807, 2.05) is 35.8 Å². The molecule has 2 aromatic heterocycles. The maximum atomic E-state index is 13.0. The Morgan fingerprint density at radius 2 is 1.91 bits per heavy atom. The number of furan rings is 1. The molecule has 2 aromatic carbocycles. The zero-order valence-corrected chi connectivity index (χ0v) is 19.7. The highest BCUT2D eigenvalue weighted by Crippen LogP contribution is 2.28. The van der Waals surface area contributed by atoms with Gasteiger partial charge in [0.25, 0.3) is 0 Å². The number of nitrogens with zero attached hydrogens (tertiary/aromatic N) is 3. The first kappa shape index (κ1) is 22.1. The minimum absolute atomic E-state index is 0.124. The summed E-state index contributed by atoms with van der Waals surface area (Å²) in [4.78, 5) is 17.6. The number of hydrogen-bond donors (Lipinski definition) is 0. The van der Waals surface area contributed by atoms with Crippen molar-refractivity contribution in [1.29, 1.82) is 0 Å². The van der Waals surface area contributed by atoms with Crippen molar-refractivity contribution in [2.75, 3.05) is 32.1 Å². The van der Waals surface area contributed by atoms with Gasteiger partial charge in [0.05, 0.1) is 34.9 Å². The minimum Gasteiger partial charge on any atom is -0.453 e. The minimum atomic E-state index is -3.61. The van der Waals surface area contributed by atoms with Gasteiger partial charge in [-0.05, 0) is 37.3 Å². The molecule has 1 fully saturated rings. The molecule has 0 N–H and O–H groups in total. The number of morpholine rings is 1. The number of carbonyl (C=O) groups excluding carboxylic acids is 1. The third-order valence-electron chi connectivity index (χ3n) is 5.64. The number of ketones is 1. The Kier molecular flexibility index (Phi) is 6.00. The van der Waals surface area contributed by atoms with Gasteiger partial charge < -0.3 is 13.7 Å². The second-order valence-electron chi connectivity index (χ2n) is 7.67. The third-order valence-corrected chi connectivity index (χ3v) is 8.51. The summed E-state index contributed by atoms with van der Waals surface area (Å²) >= 11 is 1.32. The first-order chi connectivity index (χ1) is 16.0. The molecule has 8 nitrogen and oxygen atoms in total. The lowest BCUT2D eigenvalue weighted by Gasteiger charge is -2.26. The maximum absolute atomic E-state index is 13.0. The van der Waals surface area contributed by atoms with Crippen LogP contribution in [0.25, 0.3) is 22.0 Å². The molecule has 3 heterocycles. The fraction of sp³-hybridized carbons (Fsp3) is 0.304. The second kappa shape index (κ2) is 8.94. The van der Waals surface area contributed by atoms with E-state index in [4.69, 9.17) is 9.15 Å². The van der Waals surface area contributed by atoms with Gasteiger partial charge in [0, 0.05) is 25.0 Å². The number of hydrogen-bond acceptors (Lipinski definition) is 7. The van der Waals surface area contributed by atoms with Crippen LogP contribution in [0.1, 0.15) is 17.5 Å². The van der Waals surface area contributed by atoms with Gasteiger partial charge in [-0.25, -0.2) is 13.4 Å². The largest absolute Gasteiger partial charge is 0.453 e. The summed E-state index contributed by atoms with van der Waals surface area (Å²) in [5.41, 5.74) is 2.10. The molecule has 33 heavy (non-hydrogen) atoms. The highest BCUT2D eigenvalue weighted by molar-refractivity contribution is 7.99. The van der Waals surface area contributed by atoms with Gasteiger partial charge in [-0.15, -0.1) is 0 Å². The van der Waals surface area contributed by atoms with Gasteiger partial charge in [0.15, 0.2) is 10.9 Å². The van der Waals surface area contributed by atoms with Crippen LogP contribution >= 0.6 is 11.8 Å². The maximum Gasteiger partial charge on any atom is 0.243 e. The number of para-hydroxylation sites is 1. The van der Waals surface area contributed by atoms with Crippen molar-refractivity contribution in [1.82, 2.24) is 13.9 Å². The van der Waals surface area contributed by atoms with Crippen LogP contribution in [0.3, 0.4) is 0 Å². The molecule has 1 saturated heterocycles. The number of aryl methyl sites for hydroxylation is 1. The first-order valence-corrected chi connectivity index (χ1v) is 13.1. The van der Waals surface area contributed by atoms with Gasteiger partial charge >= 0.3 is 0 Å². The number of carbonyl (C=O) groups is 1. The predicted octanol–water partition coefficient (Wildman–Crippen LogP) is 3.80. The molecule has 172 valence electrons. The lowest BCUT2D eigenvalue weighted by atomic mass is 10.2. The number of aromatic nitrogens is 2. The van der Waals surface area contributed by atoms with Gasteiger partial charge in [-0.3, -0.25) is 4.79 Å². The van der Waals surface area contributed by atoms with Gasteiger partial charge in [0.1, 0.15) is 5.58 Å². The molecule has 0 aliphatic carbocycles. The topological polar surface area (TPSA) is 94.6 Å². The zero-order valence-electron chi connectivity index (χ0n) is 18.1. The van der Waals surface area contributed by atoms with Gasteiger partial charge in [0.2, 0.25) is 15.8 Å². The Morgan fingerprint density at radius 1 is 1.12 bits per heavy atom. The molecule has 5 rings (SSSR count). The summed E-state index contributed by atoms with van der Waals surface area (Å²) in [5.74, 6) is 0.366. The van der Waals surface area contributed by atoms with Crippen molar-refractivity contribution in [2.45, 2.75) is 23.5 Å². The van der Waals surface area contributed by atoms with E-state index in [-0.39, 0.29) is 16.4 Å². The van der Waals surface area contributed by atoms with E-state index >= 15 is 0 Å². The molecule has 0 radical (unpaired) electrons. The first-order valence-electron chi connectivity index (χ1n) is 10.7. The van der Waals surface area contributed by atoms with Crippen LogP contribution in [0.15, 0.2) is 63.0 Å². The summed E-state index contributed by atoms with van der Waals surface area (Å²) in [6.45, 7) is 4.11. The quantitative estimate of drug-likeness (QED) is 0.290. The number of fused-ring (bicyclic) bond motifs is 2. The summed E-state index contributed by atoms with van der Waals surface area (Å²) < 4.78 is 40.4. The fourth-order valence-electron chi connectivity index (χ4n) is 3.92. The van der Waals surface area contributed by atoms with Crippen molar-refractivity contribution in [3.8, 4) is 0 Å². The molecule has 4 aromatic rings. The predicted molar refractivity (Wildman–Crippen MR) is 126 cm³/mol. The van der Waals surface area contributed by atoms with E-state index < -0.39 is 10.0 Å². The Hall–Kier alpha value is -2.66. The van der Waals surface area contributed by atoms with Crippen LogP contribution in [0, 0.1) is 0 Å². The smallest absolute Gasteiger partial charge is 0.243 e. The molecule has 0 saturated carbocycles. The zero-order chi connectivity index (χ0) is 23.0. The molecular formula is C23H23N3O5S2. The lowest BCUT2D eigenvalue weighted by molar-refractivity contribution is 0.0730. The number of imidazole rings is 1. The van der Waals surface area contributed by atoms with Crippen LogP contribution < -0.4 is 0 Å². The summed E-state index contributed by atoms with van der Waals surface area (Å²) in [6, 6.07) is 14.3. The molecule has 0 bridgehead atoms. The Bertz CT molecular complexity index is 1400. The number of thioether (sulfide) groups is 1. The molecule has 0 amide bonds. The molecular weight excluding hydrogens is 462 g/mol. The normalized spacial score (nSPS) is 15.4. The van der Waals surface area contributed by atoms with Crippen LogP contribution in [-0.2, 0) is 21.3 Å². The monoisotopic (exact) mass is 485 g/mol. The molecule has 10 heteroatoms.